The lowest BCUT2D eigenvalue weighted by molar-refractivity contribution is -0.138. The van der Waals surface area contributed by atoms with Crippen molar-refractivity contribution in [3.63, 3.8) is 0 Å². The van der Waals surface area contributed by atoms with Gasteiger partial charge in [-0.2, -0.15) is 0 Å². The van der Waals surface area contributed by atoms with E-state index in [0.29, 0.717) is 30.5 Å². The Morgan fingerprint density at radius 1 is 1.06 bits per heavy atom. The summed E-state index contributed by atoms with van der Waals surface area (Å²) in [5, 5.41) is 0.667. The van der Waals surface area contributed by atoms with E-state index in [9.17, 15) is 9.59 Å². The Labute approximate surface area is 218 Å². The van der Waals surface area contributed by atoms with Gasteiger partial charge in [0.05, 0.1) is 19.6 Å². The summed E-state index contributed by atoms with van der Waals surface area (Å²) in [4.78, 5) is 29.8. The number of halogens is 1. The molecule has 3 aliphatic rings. The van der Waals surface area contributed by atoms with E-state index >= 15 is 0 Å². The maximum atomic E-state index is 13.1. The largest absolute Gasteiger partial charge is 0.379 e. The quantitative estimate of drug-likeness (QED) is 0.647. The standard InChI is InChI=1S/C29H35ClN3O3/c30-23-8-4-20(5-9-23)6-11-28(34)33-13-12-22(18-27(33)29(31)35)25-3-1-2-21-7-10-24(19-26(21)25)32-14-16-36-17-15-32/h1-5,8-9,11,22,24,27H,6-7,10,12-19H2,(H2,31,35). The third kappa shape index (κ3) is 5.61. The Morgan fingerprint density at radius 3 is 2.58 bits per heavy atom. The number of likely N-dealkylation sites (tertiary alicyclic amines) is 1. The van der Waals surface area contributed by atoms with Crippen LogP contribution in [0.5, 0.6) is 0 Å². The van der Waals surface area contributed by atoms with Crippen LogP contribution in [-0.2, 0) is 33.6 Å². The van der Waals surface area contributed by atoms with Gasteiger partial charge in [0.25, 0.3) is 0 Å². The number of carbonyl (C=O) groups excluding carboxylic acids is 2. The van der Waals surface area contributed by atoms with E-state index in [1.807, 2.05) is 24.3 Å². The Morgan fingerprint density at radius 2 is 1.83 bits per heavy atom. The third-order valence-electron chi connectivity index (χ3n) is 8.14. The zero-order valence-corrected chi connectivity index (χ0v) is 21.5. The molecule has 3 unspecified atom stereocenters. The molecule has 0 saturated carbocycles. The van der Waals surface area contributed by atoms with Crippen molar-refractivity contribution in [1.29, 1.82) is 0 Å². The van der Waals surface area contributed by atoms with Crippen molar-refractivity contribution in [2.24, 2.45) is 5.73 Å². The molecule has 2 N–H and O–H groups in total. The lowest BCUT2D eigenvalue weighted by Crippen LogP contribution is -2.52. The van der Waals surface area contributed by atoms with Gasteiger partial charge in [-0.05, 0) is 78.8 Å². The Kier molecular flexibility index (Phi) is 7.94. The summed E-state index contributed by atoms with van der Waals surface area (Å²) < 4.78 is 5.56. The van der Waals surface area contributed by atoms with Crippen LogP contribution in [0.4, 0.5) is 0 Å². The van der Waals surface area contributed by atoms with Crippen LogP contribution in [0, 0.1) is 6.42 Å². The fraction of sp³-hybridized carbons (Fsp3) is 0.483. The summed E-state index contributed by atoms with van der Waals surface area (Å²) >= 11 is 5.96. The van der Waals surface area contributed by atoms with Crippen LogP contribution in [0.3, 0.4) is 0 Å². The highest BCUT2D eigenvalue weighted by atomic mass is 35.5. The highest BCUT2D eigenvalue weighted by molar-refractivity contribution is 6.30. The van der Waals surface area contributed by atoms with E-state index < -0.39 is 11.9 Å². The molecule has 2 aromatic carbocycles. The highest BCUT2D eigenvalue weighted by Gasteiger charge is 2.37. The van der Waals surface area contributed by atoms with Crippen LogP contribution in [0.15, 0.2) is 42.5 Å². The smallest absolute Gasteiger partial charge is 0.240 e. The average molecular weight is 509 g/mol. The summed E-state index contributed by atoms with van der Waals surface area (Å²) in [6, 6.07) is 14.0. The van der Waals surface area contributed by atoms with Crippen molar-refractivity contribution >= 4 is 23.4 Å². The Bertz CT molecular complexity index is 1080. The van der Waals surface area contributed by atoms with Gasteiger partial charge in [0.2, 0.25) is 11.8 Å². The second kappa shape index (κ2) is 11.3. The van der Waals surface area contributed by atoms with Gasteiger partial charge >= 0.3 is 0 Å². The number of benzene rings is 2. The number of amides is 2. The van der Waals surface area contributed by atoms with Crippen LogP contribution >= 0.6 is 11.6 Å². The summed E-state index contributed by atoms with van der Waals surface area (Å²) in [6.45, 7) is 4.16. The number of ether oxygens (including phenoxy) is 1. The first-order chi connectivity index (χ1) is 17.5. The van der Waals surface area contributed by atoms with Gasteiger partial charge in [-0.3, -0.25) is 14.5 Å². The van der Waals surface area contributed by atoms with E-state index in [4.69, 9.17) is 22.1 Å². The molecule has 2 aliphatic heterocycles. The number of nitrogens with two attached hydrogens (primary N) is 1. The first kappa shape index (κ1) is 25.2. The van der Waals surface area contributed by atoms with E-state index in [2.05, 4.69) is 23.1 Å². The maximum absolute atomic E-state index is 13.1. The maximum Gasteiger partial charge on any atom is 0.240 e. The van der Waals surface area contributed by atoms with Crippen molar-refractivity contribution in [2.75, 3.05) is 32.8 Å². The predicted octanol–water partition coefficient (Wildman–Crippen LogP) is 3.54. The molecule has 1 radical (unpaired) electrons. The molecule has 2 amide bonds. The van der Waals surface area contributed by atoms with Crippen LogP contribution in [0.2, 0.25) is 5.02 Å². The monoisotopic (exact) mass is 508 g/mol. The molecule has 2 fully saturated rings. The van der Waals surface area contributed by atoms with Gasteiger partial charge in [0, 0.05) is 30.7 Å². The van der Waals surface area contributed by atoms with E-state index in [1.54, 1.807) is 11.3 Å². The topological polar surface area (TPSA) is 75.9 Å². The van der Waals surface area contributed by atoms with Crippen molar-refractivity contribution in [3.8, 4) is 0 Å². The number of primary amides is 1. The predicted molar refractivity (Wildman–Crippen MR) is 141 cm³/mol. The van der Waals surface area contributed by atoms with E-state index in [0.717, 1.165) is 51.1 Å². The third-order valence-corrected chi connectivity index (χ3v) is 8.39. The van der Waals surface area contributed by atoms with Crippen LogP contribution in [-0.4, -0.2) is 66.5 Å². The van der Waals surface area contributed by atoms with Gasteiger partial charge < -0.3 is 15.4 Å². The molecule has 0 aromatic heterocycles. The highest BCUT2D eigenvalue weighted by Crippen LogP contribution is 2.38. The number of fused-ring (bicyclic) bond motifs is 1. The molecule has 3 atom stereocenters. The summed E-state index contributed by atoms with van der Waals surface area (Å²) in [5.41, 5.74) is 11.1. The SMILES string of the molecule is NC(=O)C1CC(c2cccc3c2CC(N2CCOCC2)CC3)CCN1C(=O)[CH]Cc1ccc(Cl)cc1. The van der Waals surface area contributed by atoms with E-state index in [1.165, 1.54) is 23.1 Å². The summed E-state index contributed by atoms with van der Waals surface area (Å²) in [6.07, 6.45) is 6.86. The second-order valence-electron chi connectivity index (χ2n) is 10.2. The first-order valence-electron chi connectivity index (χ1n) is 13.1. The minimum Gasteiger partial charge on any atom is -0.379 e. The number of hydrogen-bond donors (Lipinski definition) is 1. The minimum atomic E-state index is -0.591. The number of aryl methyl sites for hydroxylation is 1. The summed E-state index contributed by atoms with van der Waals surface area (Å²) in [7, 11) is 0. The number of morpholine rings is 1. The molecule has 1 aliphatic carbocycles. The Balaban J connectivity index is 1.28. The zero-order chi connectivity index (χ0) is 25.1. The molecular formula is C29H35ClN3O3. The fourth-order valence-electron chi connectivity index (χ4n) is 6.16. The van der Waals surface area contributed by atoms with Gasteiger partial charge in [-0.15, -0.1) is 0 Å². The molecule has 191 valence electrons. The Hall–Kier alpha value is -2.41. The van der Waals surface area contributed by atoms with Gasteiger partial charge in [-0.1, -0.05) is 41.9 Å². The fourth-order valence-corrected chi connectivity index (χ4v) is 6.28. The molecule has 7 heteroatoms. The van der Waals surface area contributed by atoms with Crippen LogP contribution in [0.1, 0.15) is 47.4 Å². The lowest BCUT2D eigenvalue weighted by Gasteiger charge is -2.41. The minimum absolute atomic E-state index is 0.130. The van der Waals surface area contributed by atoms with Crippen molar-refractivity contribution in [1.82, 2.24) is 9.80 Å². The van der Waals surface area contributed by atoms with Gasteiger partial charge in [-0.25, -0.2) is 0 Å². The van der Waals surface area contributed by atoms with Crippen molar-refractivity contribution in [2.45, 2.75) is 56.5 Å². The molecule has 2 aromatic rings. The molecule has 36 heavy (non-hydrogen) atoms. The molecule has 5 rings (SSSR count). The lowest BCUT2D eigenvalue weighted by atomic mass is 9.77. The van der Waals surface area contributed by atoms with Crippen LogP contribution < -0.4 is 5.73 Å². The number of piperidine rings is 1. The van der Waals surface area contributed by atoms with Gasteiger partial charge in [0.15, 0.2) is 0 Å². The first-order valence-corrected chi connectivity index (χ1v) is 13.5. The number of carbonyl (C=O) groups is 2. The molecular weight excluding hydrogens is 474 g/mol. The second-order valence-corrected chi connectivity index (χ2v) is 10.7. The number of hydrogen-bond acceptors (Lipinski definition) is 4. The number of nitrogens with zero attached hydrogens (tertiary/aromatic N) is 2. The zero-order valence-electron chi connectivity index (χ0n) is 20.7. The van der Waals surface area contributed by atoms with Crippen molar-refractivity contribution in [3.05, 3.63) is 76.2 Å². The molecule has 2 saturated heterocycles. The van der Waals surface area contributed by atoms with E-state index in [-0.39, 0.29) is 11.8 Å². The summed E-state index contributed by atoms with van der Waals surface area (Å²) in [5.74, 6) is -0.334. The molecule has 2 heterocycles. The molecule has 0 spiro atoms. The van der Waals surface area contributed by atoms with Gasteiger partial charge in [0.1, 0.15) is 6.04 Å². The molecule has 6 nitrogen and oxygen atoms in total. The molecule has 0 bridgehead atoms. The van der Waals surface area contributed by atoms with Crippen molar-refractivity contribution < 1.29 is 14.3 Å². The van der Waals surface area contributed by atoms with Crippen LogP contribution in [0.25, 0.3) is 0 Å². The average Bonchev–Trinajstić information content (AvgIpc) is 2.92. The number of rotatable bonds is 6. The normalized spacial score (nSPS) is 24.8.